The Balaban J connectivity index is 0.000000118. The van der Waals surface area contributed by atoms with Gasteiger partial charge in [-0.1, -0.05) is 0 Å². The number of amides is 4. The third kappa shape index (κ3) is 18.7. The van der Waals surface area contributed by atoms with Gasteiger partial charge in [0.1, 0.15) is 6.42 Å². The maximum absolute atomic E-state index is 12.7. The molecule has 13 nitrogen and oxygen atoms in total. The fourth-order valence-corrected chi connectivity index (χ4v) is 28.7. The van der Waals surface area contributed by atoms with E-state index in [1.807, 2.05) is 12.1 Å². The zero-order valence-corrected chi connectivity index (χ0v) is 76.7. The van der Waals surface area contributed by atoms with Gasteiger partial charge in [-0.05, 0) is 12.2 Å². The van der Waals surface area contributed by atoms with E-state index >= 15 is 0 Å². The predicted octanol–water partition coefficient (Wildman–Crippen LogP) is 9.04. The first-order valence-electron chi connectivity index (χ1n) is 33.0. The van der Waals surface area contributed by atoms with E-state index in [9.17, 15) is 24.0 Å². The van der Waals surface area contributed by atoms with Crippen molar-refractivity contribution in [2.24, 2.45) is 0 Å². The minimum absolute atomic E-state index is 0.0484. The summed E-state index contributed by atoms with van der Waals surface area (Å²) in [5.74, 6) is -1.18. The van der Waals surface area contributed by atoms with Crippen molar-refractivity contribution < 1.29 is 24.0 Å². The second-order valence-electron chi connectivity index (χ2n) is 23.4. The van der Waals surface area contributed by atoms with Gasteiger partial charge in [0.05, 0.1) is 0 Å². The second kappa shape index (κ2) is 37.3. The number of benzene rings is 8. The molecule has 0 aliphatic carbocycles. The van der Waals surface area contributed by atoms with Crippen LogP contribution in [0.4, 0.5) is 59.2 Å². The molecule has 19 rings (SSSR count). The summed E-state index contributed by atoms with van der Waals surface area (Å²) in [4.78, 5) is 79.6. The molecule has 5 aromatic heterocycles. The third-order valence-electron chi connectivity index (χ3n) is 16.5. The zero-order chi connectivity index (χ0) is 74.5. The van der Waals surface area contributed by atoms with Crippen molar-refractivity contribution in [1.29, 1.82) is 0 Å². The summed E-state index contributed by atoms with van der Waals surface area (Å²) in [6.45, 7) is 0. The van der Waals surface area contributed by atoms with E-state index in [2.05, 4.69) is 305 Å². The molecule has 2 saturated heterocycles. The van der Waals surface area contributed by atoms with Crippen molar-refractivity contribution in [3.63, 3.8) is 0 Å². The molecule has 8 aromatic carbocycles. The summed E-state index contributed by atoms with van der Waals surface area (Å²) in [5, 5.41) is 3.95. The number of rotatable bonds is 5. The van der Waals surface area contributed by atoms with Gasteiger partial charge in [0.2, 0.25) is 11.8 Å². The van der Waals surface area contributed by atoms with Crippen LogP contribution in [0, 0.1) is 2.44 Å². The van der Waals surface area contributed by atoms with Crippen LogP contribution in [-0.4, -0.2) is 220 Å². The van der Waals surface area contributed by atoms with Gasteiger partial charge in [0, 0.05) is 14.1 Å². The summed E-state index contributed by atoms with van der Waals surface area (Å²) in [6, 6.07) is 90.0. The van der Waals surface area contributed by atoms with Crippen molar-refractivity contribution >= 4 is 320 Å². The zero-order valence-electron chi connectivity index (χ0n) is 57.5. The van der Waals surface area contributed by atoms with Crippen LogP contribution in [0.2, 0.25) is 0 Å². The van der Waals surface area contributed by atoms with Crippen LogP contribution in [0.3, 0.4) is 0 Å². The molecule has 0 unspecified atom stereocenters. The molecule has 6 aliphatic rings. The third-order valence-corrected chi connectivity index (χ3v) is 37.5. The van der Waals surface area contributed by atoms with Crippen LogP contribution in [0.1, 0.15) is 20.1 Å². The Morgan fingerprint density at radius 3 is 1.06 bits per heavy atom. The summed E-state index contributed by atoms with van der Waals surface area (Å²) >= 11 is 15.7. The molecule has 0 radical (unpaired) electrons. The van der Waals surface area contributed by atoms with Gasteiger partial charge < -0.3 is 0 Å². The van der Waals surface area contributed by atoms with Crippen LogP contribution >= 0.6 is 47.0 Å². The quantitative estimate of drug-likeness (QED) is 0.0338. The molecule has 1 N–H and O–H groups in total. The van der Waals surface area contributed by atoms with E-state index in [1.165, 1.54) is 117 Å². The fraction of sp³-hybridized carbons (Fsp3) is 0.0610. The monoisotopic (exact) mass is 2150 g/mol. The van der Waals surface area contributed by atoms with Crippen molar-refractivity contribution in [2.75, 3.05) is 48.2 Å². The van der Waals surface area contributed by atoms with E-state index in [1.54, 1.807) is 34.3 Å². The van der Waals surface area contributed by atoms with E-state index in [-0.39, 0.29) is 89.8 Å². The van der Waals surface area contributed by atoms with Gasteiger partial charge in [-0.2, -0.15) is 0 Å². The number of hydrogen-bond acceptors (Lipinski definition) is 11. The first kappa shape index (κ1) is 78.4. The first-order chi connectivity index (χ1) is 52.1. The van der Waals surface area contributed by atoms with Gasteiger partial charge in [-0.3, -0.25) is 19.4 Å². The summed E-state index contributed by atoms with van der Waals surface area (Å²) in [6.07, 6.45) is 2.64. The van der Waals surface area contributed by atoms with E-state index in [0.29, 0.717) is 88.4 Å². The van der Waals surface area contributed by atoms with E-state index in [0.717, 1.165) is 15.2 Å². The van der Waals surface area contributed by atoms with Crippen molar-refractivity contribution in [2.45, 2.75) is 6.42 Å². The standard InChI is InChI=1S/C23H17N3O2SSe2.C17H11NOSe2.C16H11NSe2.C12H9NSe.C6H8N2O2S.C4H3ISe.C4H4Se/c1-24-21(27)15(22(28)25(2)23(24)29)13-14-11-12-20(30-14)26-16-7-3-5-9-18(16)31-19-10-6-4-8-17(19)26;19-11-12-9-10-17(20-12)18-13-5-1-3-7-15(13)21-16-8-4-2-6-14(16)18;1-3-8-14-12(6-1)17(16-10-5-11-18-16)13-7-2-4-9-15(13)19-14;1-3-7-11-9(5-1)13-10-6-2-4-8-12(10)14-11;1-7-4(9)3-5(10)8(2)6(7)11;5-4-2-1-3-6-4;1-2-4-5-3-1/h3-13H,1-2H3;1-11H;1-11H;1-8,13H;3H2,1-2H3;1-3H;1-4H. The van der Waals surface area contributed by atoms with Crippen LogP contribution in [-0.2, 0) is 19.2 Å². The van der Waals surface area contributed by atoms with Gasteiger partial charge in [-0.25, -0.2) is 0 Å². The van der Waals surface area contributed by atoms with Gasteiger partial charge >= 0.3 is 641 Å². The Kier molecular flexibility index (Phi) is 27.3. The van der Waals surface area contributed by atoms with Crippen molar-refractivity contribution in [1.82, 2.24) is 19.6 Å². The normalized spacial score (nSPS) is 13.9. The molecule has 107 heavy (non-hydrogen) atoms. The Hall–Kier alpha value is -6.76. The number of likely N-dealkylation sites (N-methyl/N-ethyl adjacent to an activating group) is 2. The number of hydrogen-bond donors (Lipinski definition) is 1. The van der Waals surface area contributed by atoms with Gasteiger partial charge in [-0.15, -0.1) is 0 Å². The number of aldehydes is 1. The molecule has 13 aromatic rings. The Bertz CT molecular complexity index is 5130. The molecule has 0 atom stereocenters. The van der Waals surface area contributed by atoms with Crippen LogP contribution in [0.15, 0.2) is 280 Å². The molecule has 25 heteroatoms. The maximum atomic E-state index is 12.7. The Morgan fingerprint density at radius 2 is 0.710 bits per heavy atom. The average molecular weight is 2140 g/mol. The summed E-state index contributed by atoms with van der Waals surface area (Å²) < 4.78 is 18.6. The number of anilines is 11. The second-order valence-corrected chi connectivity index (χ2v) is 46.3. The molecule has 0 bridgehead atoms. The molecule has 0 spiro atoms. The summed E-state index contributed by atoms with van der Waals surface area (Å²) in [5.41, 5.74) is 10.4. The molecule has 0 saturated carbocycles. The first-order valence-corrected chi connectivity index (χ1v) is 50.8. The van der Waals surface area contributed by atoms with Gasteiger partial charge in [0.15, 0.2) is 5.11 Å². The number of carbonyl (C=O) groups excluding carboxylic acids is 5. The number of halogens is 1. The molecular weight excluding hydrogens is 2080 g/mol. The Morgan fingerprint density at radius 1 is 0.364 bits per heavy atom. The molecule has 2 fully saturated rings. The average Bonchev–Trinajstić information content (AvgIpc) is 1.61. The number of para-hydroxylation sites is 8. The van der Waals surface area contributed by atoms with Crippen LogP contribution in [0.5, 0.6) is 0 Å². The number of nitrogens with one attached hydrogen (secondary N) is 1. The summed E-state index contributed by atoms with van der Waals surface area (Å²) in [7, 11) is 6.33. The number of nitrogens with zero attached hydrogens (tertiary/aromatic N) is 7. The van der Waals surface area contributed by atoms with E-state index < -0.39 is 0 Å². The predicted molar refractivity (Wildman–Crippen MR) is 464 cm³/mol. The molecule has 4 amide bonds. The van der Waals surface area contributed by atoms with Crippen molar-refractivity contribution in [3.05, 3.63) is 291 Å². The van der Waals surface area contributed by atoms with Gasteiger partial charge in [0.25, 0.3) is 0 Å². The fourth-order valence-electron chi connectivity index (χ4n) is 11.3. The molecule has 6 aliphatic heterocycles. The number of thiocarbonyl (C=S) groups is 2. The van der Waals surface area contributed by atoms with Crippen LogP contribution < -0.4 is 55.7 Å². The topological polar surface area (TPSA) is 120 Å². The molecule has 11 heterocycles. The number of fused-ring (bicyclic) bond motifs is 8. The SMILES string of the molecule is CN1C(=O)C(=Cc2ccc(N3c4ccccc4[Se]c4ccccc43)[se]2)C(=O)N(C)C1=S.CN1C(=O)CC(=O)N(C)C1=S.Ic1ccc[se]1.O=Cc1ccc(N2c3ccccc3[Se]c3ccccc32)[se]1.c1c[se]c(N2c3ccccc3[Se]c3ccccc32)c1.c1cc[se]c1.c1ccc2c(c1)Nc1ccccc1[Se]2. The Labute approximate surface area is 701 Å². The van der Waals surface area contributed by atoms with Crippen molar-refractivity contribution in [3.8, 4) is 0 Å². The van der Waals surface area contributed by atoms with Crippen LogP contribution in [0.25, 0.3) is 6.08 Å². The molecular formula is C82H63IN8O5S2Se9. The number of carbonyl (C=O) groups is 5. The molecule has 534 valence electrons. The minimum atomic E-state index is -0.352. The van der Waals surface area contributed by atoms with E-state index in [4.69, 9.17) is 24.4 Å².